The van der Waals surface area contributed by atoms with Crippen LogP contribution in [0.3, 0.4) is 0 Å². The lowest BCUT2D eigenvalue weighted by Gasteiger charge is -2.12. The molecule has 3 aromatic carbocycles. The largest absolute Gasteiger partial charge is 0.334 e. The quantitative estimate of drug-likeness (QED) is 0.336. The molecular weight excluding hydrogens is 429 g/mol. The monoisotopic (exact) mass is 445 g/mol. The lowest BCUT2D eigenvalue weighted by Crippen LogP contribution is -2.18. The maximum atomic E-state index is 13.9. The second-order valence-electron chi connectivity index (χ2n) is 7.58. The van der Waals surface area contributed by atoms with E-state index in [0.717, 1.165) is 16.8 Å². The predicted octanol–water partition coefficient (Wildman–Crippen LogP) is 6.12. The molecule has 5 aromatic rings. The first-order valence-electron chi connectivity index (χ1n) is 9.94. The molecule has 32 heavy (non-hydrogen) atoms. The Morgan fingerprint density at radius 1 is 0.969 bits per heavy atom. The number of benzene rings is 3. The molecule has 0 aliphatic heterocycles. The summed E-state index contributed by atoms with van der Waals surface area (Å²) in [5.41, 5.74) is 3.85. The molecule has 0 N–H and O–H groups in total. The molecule has 5 nitrogen and oxygen atoms in total. The Kier molecular flexibility index (Phi) is 4.87. The van der Waals surface area contributed by atoms with Gasteiger partial charge in [-0.3, -0.25) is 9.36 Å². The van der Waals surface area contributed by atoms with Crippen molar-refractivity contribution in [2.75, 3.05) is 0 Å². The fourth-order valence-electron chi connectivity index (χ4n) is 3.61. The van der Waals surface area contributed by atoms with Gasteiger partial charge in [-0.05, 0) is 61.4 Å². The molecule has 2 aromatic heterocycles. The second kappa shape index (κ2) is 7.73. The summed E-state index contributed by atoms with van der Waals surface area (Å²) in [5.74, 6) is -0.114. The van der Waals surface area contributed by atoms with Crippen molar-refractivity contribution in [2.24, 2.45) is 0 Å². The summed E-state index contributed by atoms with van der Waals surface area (Å²) in [5, 5.41) is 5.24. The highest BCUT2D eigenvalue weighted by atomic mass is 35.5. The van der Waals surface area contributed by atoms with Crippen molar-refractivity contribution >= 4 is 22.4 Å². The van der Waals surface area contributed by atoms with Crippen molar-refractivity contribution < 1.29 is 8.91 Å². The number of nitrogens with zero attached hydrogens (tertiary/aromatic N) is 3. The Morgan fingerprint density at radius 2 is 1.75 bits per heavy atom. The van der Waals surface area contributed by atoms with Gasteiger partial charge >= 0.3 is 0 Å². The summed E-state index contributed by atoms with van der Waals surface area (Å²) in [6.07, 6.45) is 1.70. The van der Waals surface area contributed by atoms with Crippen molar-refractivity contribution in [3.63, 3.8) is 0 Å². The topological polar surface area (TPSA) is 60.9 Å². The van der Waals surface area contributed by atoms with E-state index in [1.807, 2.05) is 50.2 Å². The summed E-state index contributed by atoms with van der Waals surface area (Å²) >= 11 is 5.77. The number of hydrogen-bond acceptors (Lipinski definition) is 4. The number of halogens is 2. The zero-order valence-electron chi connectivity index (χ0n) is 17.3. The Bertz CT molecular complexity index is 1560. The van der Waals surface area contributed by atoms with Gasteiger partial charge in [0.1, 0.15) is 5.82 Å². The third-order valence-electron chi connectivity index (χ3n) is 5.53. The van der Waals surface area contributed by atoms with E-state index in [1.54, 1.807) is 22.9 Å². The van der Waals surface area contributed by atoms with Crippen molar-refractivity contribution in [1.29, 1.82) is 0 Å². The van der Waals surface area contributed by atoms with Gasteiger partial charge in [-0.15, -0.1) is 0 Å². The summed E-state index contributed by atoms with van der Waals surface area (Å²) in [6.45, 7) is 4.02. The smallest absolute Gasteiger partial charge is 0.262 e. The number of fused-ring (bicyclic) bond motifs is 1. The molecule has 158 valence electrons. The highest BCUT2D eigenvalue weighted by molar-refractivity contribution is 6.30. The Labute approximate surface area is 187 Å². The van der Waals surface area contributed by atoms with Gasteiger partial charge in [-0.25, -0.2) is 4.39 Å². The minimum atomic E-state index is -0.566. The average Bonchev–Trinajstić information content (AvgIpc) is 3.28. The highest BCUT2D eigenvalue weighted by Crippen LogP contribution is 2.29. The fraction of sp³-hybridized carbons (Fsp3) is 0.0800. The van der Waals surface area contributed by atoms with Gasteiger partial charge in [-0.2, -0.15) is 4.98 Å². The summed E-state index contributed by atoms with van der Waals surface area (Å²) in [6, 6.07) is 17.4. The van der Waals surface area contributed by atoms with E-state index >= 15 is 0 Å². The molecule has 0 fully saturated rings. The minimum Gasteiger partial charge on any atom is -0.334 e. The van der Waals surface area contributed by atoms with E-state index in [2.05, 4.69) is 10.1 Å². The third kappa shape index (κ3) is 3.39. The summed E-state index contributed by atoms with van der Waals surface area (Å²) < 4.78 is 21.0. The van der Waals surface area contributed by atoms with Crippen LogP contribution in [0.2, 0.25) is 5.02 Å². The number of aryl methyl sites for hydroxylation is 2. The SMILES string of the molecule is Cc1ccc(-n2cc(-c3nc(-c4ccc(Cl)c(F)c4)no3)c3ccccc3c2=O)cc1C. The first-order valence-corrected chi connectivity index (χ1v) is 10.3. The zero-order chi connectivity index (χ0) is 22.4. The molecule has 2 heterocycles. The molecule has 0 bridgehead atoms. The van der Waals surface area contributed by atoms with Crippen LogP contribution in [0.15, 0.2) is 76.2 Å². The van der Waals surface area contributed by atoms with E-state index in [1.165, 1.54) is 12.1 Å². The van der Waals surface area contributed by atoms with Crippen LogP contribution in [0.25, 0.3) is 39.3 Å². The molecule has 0 saturated carbocycles. The lowest BCUT2D eigenvalue weighted by molar-refractivity contribution is 0.432. The number of rotatable bonds is 3. The maximum absolute atomic E-state index is 13.9. The molecule has 0 saturated heterocycles. The molecule has 0 spiro atoms. The molecule has 0 unspecified atom stereocenters. The van der Waals surface area contributed by atoms with Crippen LogP contribution >= 0.6 is 11.6 Å². The van der Waals surface area contributed by atoms with Crippen LogP contribution in [0.1, 0.15) is 11.1 Å². The van der Waals surface area contributed by atoms with E-state index in [0.29, 0.717) is 21.9 Å². The van der Waals surface area contributed by atoms with Gasteiger partial charge in [0.25, 0.3) is 11.4 Å². The first kappa shape index (κ1) is 20.2. The fourth-order valence-corrected chi connectivity index (χ4v) is 3.73. The van der Waals surface area contributed by atoms with E-state index in [-0.39, 0.29) is 22.3 Å². The lowest BCUT2D eigenvalue weighted by atomic mass is 10.1. The third-order valence-corrected chi connectivity index (χ3v) is 5.83. The molecule has 7 heteroatoms. The van der Waals surface area contributed by atoms with E-state index < -0.39 is 5.82 Å². The van der Waals surface area contributed by atoms with Gasteiger partial charge in [-0.1, -0.05) is 41.0 Å². The molecule has 0 radical (unpaired) electrons. The van der Waals surface area contributed by atoms with Crippen molar-refractivity contribution in [2.45, 2.75) is 13.8 Å². The summed E-state index contributed by atoms with van der Waals surface area (Å²) in [7, 11) is 0. The average molecular weight is 446 g/mol. The number of pyridine rings is 1. The van der Waals surface area contributed by atoms with Gasteiger partial charge in [0.05, 0.1) is 10.6 Å². The number of hydrogen-bond donors (Lipinski definition) is 0. The van der Waals surface area contributed by atoms with Crippen molar-refractivity contribution in [3.8, 4) is 28.5 Å². The molecule has 0 atom stereocenters. The normalized spacial score (nSPS) is 11.2. The first-order chi connectivity index (χ1) is 15.4. The second-order valence-corrected chi connectivity index (χ2v) is 7.99. The number of aromatic nitrogens is 3. The predicted molar refractivity (Wildman–Crippen MR) is 123 cm³/mol. The van der Waals surface area contributed by atoms with E-state index in [4.69, 9.17) is 16.1 Å². The van der Waals surface area contributed by atoms with Gasteiger partial charge in [0.15, 0.2) is 0 Å². The molecular formula is C25H17ClFN3O2. The van der Waals surface area contributed by atoms with Crippen LogP contribution in [0.5, 0.6) is 0 Å². The van der Waals surface area contributed by atoms with Crippen LogP contribution in [-0.4, -0.2) is 14.7 Å². The molecule has 5 rings (SSSR count). The minimum absolute atomic E-state index is 0.0175. The van der Waals surface area contributed by atoms with Crippen LogP contribution in [0, 0.1) is 19.7 Å². The van der Waals surface area contributed by atoms with Gasteiger partial charge in [0.2, 0.25) is 5.82 Å². The Morgan fingerprint density at radius 3 is 2.50 bits per heavy atom. The molecule has 0 amide bonds. The van der Waals surface area contributed by atoms with Gasteiger partial charge in [0, 0.05) is 28.2 Å². The van der Waals surface area contributed by atoms with Crippen LogP contribution < -0.4 is 5.56 Å². The van der Waals surface area contributed by atoms with E-state index in [9.17, 15) is 9.18 Å². The van der Waals surface area contributed by atoms with Crippen LogP contribution in [-0.2, 0) is 0 Å². The zero-order valence-corrected chi connectivity index (χ0v) is 18.0. The standard InChI is InChI=1S/C25H17ClFN3O2/c1-14-7-9-17(11-15(14)2)30-13-20(18-5-3-4-6-19(18)25(30)31)24-28-23(29-32-24)16-8-10-21(26)22(27)12-16/h3-13H,1-2H3. The maximum Gasteiger partial charge on any atom is 0.262 e. The van der Waals surface area contributed by atoms with Crippen molar-refractivity contribution in [3.05, 3.63) is 99.2 Å². The van der Waals surface area contributed by atoms with Gasteiger partial charge < -0.3 is 4.52 Å². The van der Waals surface area contributed by atoms with Crippen LogP contribution in [0.4, 0.5) is 4.39 Å². The van der Waals surface area contributed by atoms with Crippen molar-refractivity contribution in [1.82, 2.24) is 14.7 Å². The summed E-state index contributed by atoms with van der Waals surface area (Å²) in [4.78, 5) is 17.7. The highest BCUT2D eigenvalue weighted by Gasteiger charge is 2.18. The Hall–Kier alpha value is -3.77. The Balaban J connectivity index is 1.71. The molecule has 0 aliphatic carbocycles. The molecule has 0 aliphatic rings.